The summed E-state index contributed by atoms with van der Waals surface area (Å²) in [6.07, 6.45) is 0. The van der Waals surface area contributed by atoms with Crippen LogP contribution in [0.5, 0.6) is 0 Å². The molecule has 0 aromatic heterocycles. The third-order valence-electron chi connectivity index (χ3n) is 2.11. The van der Waals surface area contributed by atoms with Crippen molar-refractivity contribution in [3.63, 3.8) is 0 Å². The number of nitrogens with zero attached hydrogens (tertiary/aromatic N) is 2. The number of hydrogen-bond acceptors (Lipinski definition) is 4. The minimum Gasteiger partial charge on any atom is -0.381 e. The van der Waals surface area contributed by atoms with E-state index in [1.807, 2.05) is 4.90 Å². The first-order valence-corrected chi connectivity index (χ1v) is 4.27. The van der Waals surface area contributed by atoms with Crippen LogP contribution in [0.3, 0.4) is 0 Å². The van der Waals surface area contributed by atoms with Crippen LogP contribution in [-0.2, 0) is 4.79 Å². The van der Waals surface area contributed by atoms with Crippen LogP contribution in [-0.4, -0.2) is 60.1 Å². The van der Waals surface area contributed by atoms with Crippen molar-refractivity contribution in [3.05, 3.63) is 0 Å². The molecule has 1 heterocycles. The van der Waals surface area contributed by atoms with E-state index < -0.39 is 0 Å². The molecule has 0 spiro atoms. The van der Waals surface area contributed by atoms with Gasteiger partial charge in [-0.1, -0.05) is 0 Å². The van der Waals surface area contributed by atoms with Crippen molar-refractivity contribution in [2.75, 3.05) is 39.5 Å². The predicted molar refractivity (Wildman–Crippen MR) is 45.8 cm³/mol. The van der Waals surface area contributed by atoms with Crippen molar-refractivity contribution in [1.82, 2.24) is 9.80 Å². The van der Waals surface area contributed by atoms with Gasteiger partial charge < -0.3 is 5.11 Å². The summed E-state index contributed by atoms with van der Waals surface area (Å²) in [5.74, 6) is 0.215. The number of hydrogen-bond donors (Lipinski definition) is 1. The Labute approximate surface area is 72.8 Å². The van der Waals surface area contributed by atoms with Crippen LogP contribution in [0, 0.1) is 0 Å². The minimum absolute atomic E-state index is 0.133. The van der Waals surface area contributed by atoms with Gasteiger partial charge in [0.2, 0.25) is 0 Å². The molecule has 0 aliphatic carbocycles. The van der Waals surface area contributed by atoms with Gasteiger partial charge in [-0.3, -0.25) is 14.6 Å². The molecule has 0 aromatic rings. The summed E-state index contributed by atoms with van der Waals surface area (Å²) < 4.78 is 0. The van der Waals surface area contributed by atoms with Crippen molar-refractivity contribution < 1.29 is 9.90 Å². The normalized spacial score (nSPS) is 21.2. The van der Waals surface area contributed by atoms with Crippen molar-refractivity contribution in [3.8, 4) is 0 Å². The Balaban J connectivity index is 2.21. The average molecular weight is 172 g/mol. The van der Waals surface area contributed by atoms with Gasteiger partial charge in [-0.2, -0.15) is 0 Å². The van der Waals surface area contributed by atoms with E-state index in [4.69, 9.17) is 5.11 Å². The molecule has 1 fully saturated rings. The van der Waals surface area contributed by atoms with Crippen LogP contribution < -0.4 is 0 Å². The third-order valence-corrected chi connectivity index (χ3v) is 2.11. The molecule has 12 heavy (non-hydrogen) atoms. The van der Waals surface area contributed by atoms with Crippen molar-refractivity contribution >= 4 is 5.78 Å². The van der Waals surface area contributed by atoms with E-state index in [1.165, 1.54) is 0 Å². The van der Waals surface area contributed by atoms with E-state index in [9.17, 15) is 4.79 Å². The molecule has 4 heteroatoms. The van der Waals surface area contributed by atoms with E-state index >= 15 is 0 Å². The Bertz CT molecular complexity index is 153. The summed E-state index contributed by atoms with van der Waals surface area (Å²) in [7, 11) is 0. The maximum atomic E-state index is 10.8. The summed E-state index contributed by atoms with van der Waals surface area (Å²) in [6.45, 7) is 5.80. The Morgan fingerprint density at radius 2 is 1.75 bits per heavy atom. The summed E-state index contributed by atoms with van der Waals surface area (Å²) in [4.78, 5) is 14.8. The lowest BCUT2D eigenvalue weighted by Gasteiger charge is -2.32. The van der Waals surface area contributed by atoms with Gasteiger partial charge in [-0.25, -0.2) is 0 Å². The Hall–Kier alpha value is -0.450. The Kier molecular flexibility index (Phi) is 3.65. The molecule has 0 radical (unpaired) electrons. The van der Waals surface area contributed by atoms with Crippen molar-refractivity contribution in [2.24, 2.45) is 0 Å². The molecule has 0 atom stereocenters. The molecular weight excluding hydrogens is 156 g/mol. The first-order valence-electron chi connectivity index (χ1n) is 4.27. The molecule has 70 valence electrons. The number of Topliss-reactive ketones (excluding diaryl/α,β-unsaturated/α-hetero) is 1. The van der Waals surface area contributed by atoms with Gasteiger partial charge >= 0.3 is 0 Å². The van der Waals surface area contributed by atoms with E-state index in [0.717, 1.165) is 26.2 Å². The van der Waals surface area contributed by atoms with Gasteiger partial charge in [0.15, 0.2) is 0 Å². The second kappa shape index (κ2) is 4.54. The molecule has 0 bridgehead atoms. The fourth-order valence-corrected chi connectivity index (χ4v) is 1.40. The minimum atomic E-state index is 0.133. The SMILES string of the molecule is CC(=O)CN1CCN(CO)CC1. The number of piperazine rings is 1. The standard InChI is InChI=1S/C8H16N2O2/c1-8(12)6-9-2-4-10(7-11)5-3-9/h11H,2-7H2,1H3. The lowest BCUT2D eigenvalue weighted by Crippen LogP contribution is -2.47. The highest BCUT2D eigenvalue weighted by Crippen LogP contribution is 1.99. The summed E-state index contributed by atoms with van der Waals surface area (Å²) in [6, 6.07) is 0. The Morgan fingerprint density at radius 3 is 2.17 bits per heavy atom. The number of aliphatic hydroxyl groups excluding tert-OH is 1. The predicted octanol–water partition coefficient (Wildman–Crippen LogP) is -0.857. The van der Waals surface area contributed by atoms with E-state index in [0.29, 0.717) is 6.54 Å². The zero-order chi connectivity index (χ0) is 8.97. The zero-order valence-corrected chi connectivity index (χ0v) is 7.49. The van der Waals surface area contributed by atoms with E-state index in [1.54, 1.807) is 6.92 Å². The van der Waals surface area contributed by atoms with Crippen LogP contribution in [0.4, 0.5) is 0 Å². The Morgan fingerprint density at radius 1 is 1.25 bits per heavy atom. The number of ketones is 1. The third kappa shape index (κ3) is 2.89. The first kappa shape index (κ1) is 9.64. The monoisotopic (exact) mass is 172 g/mol. The number of carbonyl (C=O) groups is 1. The van der Waals surface area contributed by atoms with E-state index in [2.05, 4.69) is 4.90 Å². The van der Waals surface area contributed by atoms with Crippen molar-refractivity contribution in [1.29, 1.82) is 0 Å². The molecular formula is C8H16N2O2. The average Bonchev–Trinajstić information content (AvgIpc) is 2.05. The number of aliphatic hydroxyl groups is 1. The maximum absolute atomic E-state index is 10.8. The van der Waals surface area contributed by atoms with Gasteiger partial charge in [-0.15, -0.1) is 0 Å². The van der Waals surface area contributed by atoms with E-state index in [-0.39, 0.29) is 12.5 Å². The fraction of sp³-hybridized carbons (Fsp3) is 0.875. The molecule has 1 aliphatic heterocycles. The highest BCUT2D eigenvalue weighted by atomic mass is 16.3. The lowest BCUT2D eigenvalue weighted by atomic mass is 10.3. The van der Waals surface area contributed by atoms with Crippen LogP contribution in [0.15, 0.2) is 0 Å². The molecule has 0 unspecified atom stereocenters. The summed E-state index contributed by atoms with van der Waals surface area (Å²) in [5.41, 5.74) is 0. The second-order valence-corrected chi connectivity index (χ2v) is 3.24. The topological polar surface area (TPSA) is 43.8 Å². The first-order chi connectivity index (χ1) is 5.72. The molecule has 1 saturated heterocycles. The van der Waals surface area contributed by atoms with Crippen LogP contribution in [0.2, 0.25) is 0 Å². The van der Waals surface area contributed by atoms with Gasteiger partial charge in [-0.05, 0) is 6.92 Å². The molecule has 0 saturated carbocycles. The fourth-order valence-electron chi connectivity index (χ4n) is 1.40. The molecule has 0 aromatic carbocycles. The van der Waals surface area contributed by atoms with Gasteiger partial charge in [0.05, 0.1) is 13.3 Å². The molecule has 4 nitrogen and oxygen atoms in total. The maximum Gasteiger partial charge on any atom is 0.143 e. The van der Waals surface area contributed by atoms with Crippen LogP contribution >= 0.6 is 0 Å². The largest absolute Gasteiger partial charge is 0.381 e. The molecule has 0 amide bonds. The van der Waals surface area contributed by atoms with Crippen molar-refractivity contribution in [2.45, 2.75) is 6.92 Å². The smallest absolute Gasteiger partial charge is 0.143 e. The number of rotatable bonds is 3. The van der Waals surface area contributed by atoms with Gasteiger partial charge in [0, 0.05) is 26.2 Å². The lowest BCUT2D eigenvalue weighted by molar-refractivity contribution is -0.118. The number of carbonyl (C=O) groups excluding carboxylic acids is 1. The van der Waals surface area contributed by atoms with Crippen LogP contribution in [0.25, 0.3) is 0 Å². The van der Waals surface area contributed by atoms with Gasteiger partial charge in [0.25, 0.3) is 0 Å². The highest BCUT2D eigenvalue weighted by molar-refractivity contribution is 5.77. The second-order valence-electron chi connectivity index (χ2n) is 3.24. The van der Waals surface area contributed by atoms with Crippen LogP contribution in [0.1, 0.15) is 6.92 Å². The van der Waals surface area contributed by atoms with Gasteiger partial charge in [0.1, 0.15) is 5.78 Å². The summed E-state index contributed by atoms with van der Waals surface area (Å²) >= 11 is 0. The highest BCUT2D eigenvalue weighted by Gasteiger charge is 2.16. The zero-order valence-electron chi connectivity index (χ0n) is 7.49. The quantitative estimate of drug-likeness (QED) is 0.602. The summed E-state index contributed by atoms with van der Waals surface area (Å²) in [5, 5.41) is 8.80. The molecule has 1 N–H and O–H groups in total. The molecule has 1 rings (SSSR count). The molecule has 1 aliphatic rings.